The molecule has 0 bridgehead atoms. The molecule has 1 amide bonds. The van der Waals surface area contributed by atoms with E-state index in [1.807, 2.05) is 6.07 Å². The maximum atomic E-state index is 12.4. The number of anilines is 1. The summed E-state index contributed by atoms with van der Waals surface area (Å²) in [5, 5.41) is 3.29. The molecule has 0 saturated carbocycles. The third kappa shape index (κ3) is 3.97. The minimum atomic E-state index is -3.00. The zero-order valence-electron chi connectivity index (χ0n) is 13.2. The van der Waals surface area contributed by atoms with E-state index in [4.69, 9.17) is 0 Å². The Balaban J connectivity index is 2.03. The van der Waals surface area contributed by atoms with Gasteiger partial charge in [-0.05, 0) is 31.9 Å². The zero-order valence-corrected chi connectivity index (χ0v) is 14.1. The van der Waals surface area contributed by atoms with Gasteiger partial charge in [0.25, 0.3) is 5.91 Å². The topological polar surface area (TPSA) is 79.4 Å². The lowest BCUT2D eigenvalue weighted by Crippen LogP contribution is -2.38. The average molecular weight is 325 g/mol. The van der Waals surface area contributed by atoms with Crippen molar-refractivity contribution in [3.8, 4) is 0 Å². The monoisotopic (exact) mass is 325 g/mol. The highest BCUT2D eigenvalue weighted by atomic mass is 32.2. The Morgan fingerprint density at radius 2 is 2.23 bits per heavy atom. The molecule has 6 nitrogen and oxygen atoms in total. The zero-order chi connectivity index (χ0) is 16.3. The van der Waals surface area contributed by atoms with Crippen LogP contribution in [0.25, 0.3) is 0 Å². The Hall–Kier alpha value is -1.63. The molecule has 1 aliphatic rings. The summed E-state index contributed by atoms with van der Waals surface area (Å²) in [6.45, 7) is 4.17. The predicted molar refractivity (Wildman–Crippen MR) is 86.8 cm³/mol. The Labute approximate surface area is 131 Å². The van der Waals surface area contributed by atoms with Crippen LogP contribution in [0.15, 0.2) is 18.3 Å². The molecule has 0 spiro atoms. The van der Waals surface area contributed by atoms with Crippen molar-refractivity contribution in [2.75, 3.05) is 23.9 Å². The lowest BCUT2D eigenvalue weighted by molar-refractivity contribution is 0.0742. The van der Waals surface area contributed by atoms with Crippen molar-refractivity contribution in [3.05, 3.63) is 24.0 Å². The predicted octanol–water partition coefficient (Wildman–Crippen LogP) is 1.55. The van der Waals surface area contributed by atoms with E-state index in [1.165, 1.54) is 4.90 Å². The van der Waals surface area contributed by atoms with Gasteiger partial charge in [-0.25, -0.2) is 13.4 Å². The smallest absolute Gasteiger partial charge is 0.272 e. The van der Waals surface area contributed by atoms with Gasteiger partial charge in [0.15, 0.2) is 9.84 Å². The van der Waals surface area contributed by atoms with E-state index in [2.05, 4.69) is 24.1 Å². The van der Waals surface area contributed by atoms with Gasteiger partial charge in [-0.3, -0.25) is 4.79 Å². The summed E-state index contributed by atoms with van der Waals surface area (Å²) in [7, 11) is -1.36. The highest BCUT2D eigenvalue weighted by Gasteiger charge is 2.33. The summed E-state index contributed by atoms with van der Waals surface area (Å²) in [5.41, 5.74) is 1.21. The molecule has 1 fully saturated rings. The van der Waals surface area contributed by atoms with Crippen molar-refractivity contribution in [2.45, 2.75) is 38.8 Å². The number of sulfone groups is 1. The molecule has 2 unspecified atom stereocenters. The minimum Gasteiger partial charge on any atom is -0.381 e. The van der Waals surface area contributed by atoms with Crippen LogP contribution >= 0.6 is 0 Å². The van der Waals surface area contributed by atoms with E-state index in [-0.39, 0.29) is 23.5 Å². The molecule has 0 aromatic carbocycles. The Morgan fingerprint density at radius 1 is 1.50 bits per heavy atom. The summed E-state index contributed by atoms with van der Waals surface area (Å²) in [6, 6.07) is 3.59. The third-order valence-corrected chi connectivity index (χ3v) is 5.83. The van der Waals surface area contributed by atoms with Crippen LogP contribution in [-0.4, -0.2) is 54.8 Å². The summed E-state index contributed by atoms with van der Waals surface area (Å²) in [6.07, 6.45) is 3.14. The molecule has 1 aromatic rings. The highest BCUT2D eigenvalue weighted by molar-refractivity contribution is 7.91. The molecule has 0 radical (unpaired) electrons. The number of carbonyl (C=O) groups is 1. The fraction of sp³-hybridized carbons (Fsp3) is 0.600. The van der Waals surface area contributed by atoms with Gasteiger partial charge in [-0.2, -0.15) is 0 Å². The van der Waals surface area contributed by atoms with Crippen LogP contribution in [0.4, 0.5) is 5.69 Å². The van der Waals surface area contributed by atoms with Gasteiger partial charge in [0.2, 0.25) is 0 Å². The van der Waals surface area contributed by atoms with Crippen molar-refractivity contribution >= 4 is 21.4 Å². The van der Waals surface area contributed by atoms with Gasteiger partial charge >= 0.3 is 0 Å². The van der Waals surface area contributed by atoms with E-state index in [0.29, 0.717) is 18.2 Å². The molecular weight excluding hydrogens is 302 g/mol. The summed E-state index contributed by atoms with van der Waals surface area (Å²) in [5.74, 6) is -0.0409. The fourth-order valence-electron chi connectivity index (χ4n) is 2.42. The molecule has 2 heterocycles. The number of rotatable bonds is 5. The summed E-state index contributed by atoms with van der Waals surface area (Å²) in [4.78, 5) is 18.1. The molecule has 1 N–H and O–H groups in total. The lowest BCUT2D eigenvalue weighted by Gasteiger charge is -2.23. The van der Waals surface area contributed by atoms with Gasteiger partial charge in [0, 0.05) is 19.1 Å². The van der Waals surface area contributed by atoms with E-state index >= 15 is 0 Å². The number of nitrogens with one attached hydrogen (secondary N) is 1. The van der Waals surface area contributed by atoms with Crippen LogP contribution in [-0.2, 0) is 9.84 Å². The second-order valence-corrected chi connectivity index (χ2v) is 8.09. The van der Waals surface area contributed by atoms with E-state index < -0.39 is 9.84 Å². The van der Waals surface area contributed by atoms with Crippen molar-refractivity contribution in [1.29, 1.82) is 0 Å². The standard InChI is InChI=1S/C15H23N3O3S/c1-4-11(2)17-12-5-6-14(16-9-12)15(19)18(3)13-7-8-22(20,21)10-13/h5-6,9,11,13,17H,4,7-8,10H2,1-3H3. The maximum absolute atomic E-state index is 12.4. The van der Waals surface area contributed by atoms with Gasteiger partial charge in [0.05, 0.1) is 23.4 Å². The van der Waals surface area contributed by atoms with Crippen LogP contribution in [0.3, 0.4) is 0 Å². The fourth-order valence-corrected chi connectivity index (χ4v) is 4.19. The lowest BCUT2D eigenvalue weighted by atomic mass is 10.2. The number of aromatic nitrogens is 1. The van der Waals surface area contributed by atoms with E-state index in [9.17, 15) is 13.2 Å². The maximum Gasteiger partial charge on any atom is 0.272 e. The molecule has 0 aliphatic carbocycles. The molecule has 1 saturated heterocycles. The second-order valence-electron chi connectivity index (χ2n) is 5.86. The molecule has 7 heteroatoms. The molecule has 1 aliphatic heterocycles. The van der Waals surface area contributed by atoms with Gasteiger partial charge < -0.3 is 10.2 Å². The average Bonchev–Trinajstić information content (AvgIpc) is 2.86. The number of pyridine rings is 1. The molecule has 1 aromatic heterocycles. The first-order valence-electron chi connectivity index (χ1n) is 7.52. The summed E-state index contributed by atoms with van der Waals surface area (Å²) >= 11 is 0. The SMILES string of the molecule is CCC(C)Nc1ccc(C(=O)N(C)C2CCS(=O)(=O)C2)nc1. The quantitative estimate of drug-likeness (QED) is 0.888. The molecular formula is C15H23N3O3S. The molecule has 122 valence electrons. The van der Waals surface area contributed by atoms with E-state index in [0.717, 1.165) is 12.1 Å². The van der Waals surface area contributed by atoms with Crippen LogP contribution in [0, 0.1) is 0 Å². The first-order valence-corrected chi connectivity index (χ1v) is 9.34. The van der Waals surface area contributed by atoms with Crippen LogP contribution in [0.2, 0.25) is 0 Å². The Morgan fingerprint density at radius 3 is 2.73 bits per heavy atom. The van der Waals surface area contributed by atoms with Crippen LogP contribution in [0.5, 0.6) is 0 Å². The first-order chi connectivity index (χ1) is 10.3. The number of nitrogens with zero attached hydrogens (tertiary/aromatic N) is 2. The first kappa shape index (κ1) is 16.7. The summed E-state index contributed by atoms with van der Waals surface area (Å²) < 4.78 is 23.0. The Bertz CT molecular complexity index is 628. The number of hydrogen-bond donors (Lipinski definition) is 1. The largest absolute Gasteiger partial charge is 0.381 e. The second kappa shape index (κ2) is 6.64. The van der Waals surface area contributed by atoms with Gasteiger partial charge in [0.1, 0.15) is 5.69 Å². The van der Waals surface area contributed by atoms with Gasteiger partial charge in [-0.15, -0.1) is 0 Å². The Kier molecular flexibility index (Phi) is 5.05. The van der Waals surface area contributed by atoms with Crippen molar-refractivity contribution in [3.63, 3.8) is 0 Å². The number of amides is 1. The van der Waals surface area contributed by atoms with Crippen molar-refractivity contribution in [2.24, 2.45) is 0 Å². The van der Waals surface area contributed by atoms with Crippen molar-refractivity contribution < 1.29 is 13.2 Å². The third-order valence-electron chi connectivity index (χ3n) is 4.08. The molecule has 22 heavy (non-hydrogen) atoms. The van der Waals surface area contributed by atoms with Crippen LogP contribution < -0.4 is 5.32 Å². The highest BCUT2D eigenvalue weighted by Crippen LogP contribution is 2.18. The van der Waals surface area contributed by atoms with Crippen LogP contribution in [0.1, 0.15) is 37.2 Å². The molecule has 2 atom stereocenters. The van der Waals surface area contributed by atoms with Gasteiger partial charge in [-0.1, -0.05) is 6.92 Å². The van der Waals surface area contributed by atoms with E-state index in [1.54, 1.807) is 19.3 Å². The minimum absolute atomic E-state index is 0.0445. The number of carbonyl (C=O) groups excluding carboxylic acids is 1. The van der Waals surface area contributed by atoms with Crippen molar-refractivity contribution in [1.82, 2.24) is 9.88 Å². The molecule has 2 rings (SSSR count). The number of hydrogen-bond acceptors (Lipinski definition) is 5. The normalized spacial score (nSPS) is 21.3.